The second-order valence-corrected chi connectivity index (χ2v) is 34.1. The van der Waals surface area contributed by atoms with Crippen molar-refractivity contribution in [3.05, 3.63) is 0 Å². The Balaban J connectivity index is 5.21. The molecule has 0 amide bonds. The third kappa shape index (κ3) is 78.0. The van der Waals surface area contributed by atoms with Crippen molar-refractivity contribution in [3.63, 3.8) is 0 Å². The van der Waals surface area contributed by atoms with Gasteiger partial charge in [0, 0.05) is 25.7 Å². The van der Waals surface area contributed by atoms with Gasteiger partial charge in [0.2, 0.25) is 0 Å². The molecular formula is C84H164O17P2. The summed E-state index contributed by atoms with van der Waals surface area (Å²) in [6, 6.07) is 0. The second-order valence-electron chi connectivity index (χ2n) is 31.2. The highest BCUT2D eigenvalue weighted by atomic mass is 31.2. The smallest absolute Gasteiger partial charge is 0.462 e. The van der Waals surface area contributed by atoms with Gasteiger partial charge in [-0.25, -0.2) is 9.13 Å². The summed E-state index contributed by atoms with van der Waals surface area (Å²) in [5.41, 5.74) is 0. The Labute approximate surface area is 632 Å². The third-order valence-electron chi connectivity index (χ3n) is 19.7. The van der Waals surface area contributed by atoms with E-state index in [4.69, 9.17) is 37.0 Å². The maximum absolute atomic E-state index is 13.1. The molecule has 17 nitrogen and oxygen atoms in total. The summed E-state index contributed by atoms with van der Waals surface area (Å²) in [4.78, 5) is 73.1. The van der Waals surface area contributed by atoms with Crippen molar-refractivity contribution in [1.82, 2.24) is 0 Å². The van der Waals surface area contributed by atoms with Gasteiger partial charge in [-0.1, -0.05) is 395 Å². The molecule has 0 aromatic heterocycles. The molecule has 5 atom stereocenters. The predicted molar refractivity (Wildman–Crippen MR) is 423 cm³/mol. The minimum Gasteiger partial charge on any atom is -0.462 e. The molecule has 0 aliphatic carbocycles. The van der Waals surface area contributed by atoms with Gasteiger partial charge in [-0.15, -0.1) is 0 Å². The average molecular weight is 1510 g/mol. The van der Waals surface area contributed by atoms with E-state index in [1.807, 2.05) is 0 Å². The fourth-order valence-corrected chi connectivity index (χ4v) is 14.6. The van der Waals surface area contributed by atoms with Crippen LogP contribution in [0, 0.1) is 11.8 Å². The Morgan fingerprint density at radius 3 is 0.660 bits per heavy atom. The van der Waals surface area contributed by atoms with Crippen LogP contribution in [-0.2, 0) is 65.4 Å². The van der Waals surface area contributed by atoms with Crippen molar-refractivity contribution in [2.45, 2.75) is 464 Å². The first-order chi connectivity index (χ1) is 49.9. The van der Waals surface area contributed by atoms with E-state index in [-0.39, 0.29) is 25.7 Å². The monoisotopic (exact) mass is 1510 g/mol. The molecule has 0 spiro atoms. The van der Waals surface area contributed by atoms with Crippen molar-refractivity contribution < 1.29 is 80.2 Å². The van der Waals surface area contributed by atoms with Crippen molar-refractivity contribution in [2.75, 3.05) is 39.6 Å². The van der Waals surface area contributed by atoms with Crippen molar-refractivity contribution in [2.24, 2.45) is 11.8 Å². The summed E-state index contributed by atoms with van der Waals surface area (Å²) in [6.07, 6.45) is 66.9. The van der Waals surface area contributed by atoms with Crippen LogP contribution in [0.5, 0.6) is 0 Å². The van der Waals surface area contributed by atoms with Gasteiger partial charge in [-0.3, -0.25) is 37.3 Å². The number of hydrogen-bond acceptors (Lipinski definition) is 15. The van der Waals surface area contributed by atoms with Crippen LogP contribution in [0.3, 0.4) is 0 Å². The lowest BCUT2D eigenvalue weighted by Crippen LogP contribution is -2.30. The largest absolute Gasteiger partial charge is 0.472 e. The van der Waals surface area contributed by atoms with Crippen LogP contribution < -0.4 is 0 Å². The molecule has 0 aromatic carbocycles. The number of unbranched alkanes of at least 4 members (excludes halogenated alkanes) is 53. The minimum absolute atomic E-state index is 0.106. The Bertz CT molecular complexity index is 1980. The van der Waals surface area contributed by atoms with Crippen LogP contribution in [-0.4, -0.2) is 96.7 Å². The number of aliphatic hydroxyl groups excluding tert-OH is 1. The molecule has 0 fully saturated rings. The van der Waals surface area contributed by atoms with Crippen LogP contribution in [0.2, 0.25) is 0 Å². The molecule has 612 valence electrons. The number of rotatable bonds is 83. The molecule has 0 bridgehead atoms. The molecule has 0 rings (SSSR count). The van der Waals surface area contributed by atoms with E-state index in [1.165, 1.54) is 257 Å². The van der Waals surface area contributed by atoms with Crippen molar-refractivity contribution in [3.8, 4) is 0 Å². The van der Waals surface area contributed by atoms with Gasteiger partial charge in [-0.2, -0.15) is 0 Å². The zero-order valence-corrected chi connectivity index (χ0v) is 69.4. The molecule has 2 unspecified atom stereocenters. The highest BCUT2D eigenvalue weighted by Gasteiger charge is 2.30. The summed E-state index contributed by atoms with van der Waals surface area (Å²) < 4.78 is 68.8. The maximum Gasteiger partial charge on any atom is 0.472 e. The number of ether oxygens (including phenoxy) is 4. The normalized spacial score (nSPS) is 13.9. The summed E-state index contributed by atoms with van der Waals surface area (Å²) >= 11 is 0. The molecule has 0 aliphatic rings. The van der Waals surface area contributed by atoms with Crippen molar-refractivity contribution in [1.29, 1.82) is 0 Å². The first-order valence-corrected chi connectivity index (χ1v) is 46.5. The number of phosphoric ester groups is 2. The lowest BCUT2D eigenvalue weighted by atomic mass is 10.0. The van der Waals surface area contributed by atoms with Gasteiger partial charge >= 0.3 is 39.5 Å². The average Bonchev–Trinajstić information content (AvgIpc) is 0.970. The Morgan fingerprint density at radius 2 is 0.447 bits per heavy atom. The van der Waals surface area contributed by atoms with Crippen LogP contribution in [0.1, 0.15) is 446 Å². The molecule has 19 heteroatoms. The summed E-state index contributed by atoms with van der Waals surface area (Å²) in [5.74, 6) is -0.641. The molecule has 103 heavy (non-hydrogen) atoms. The zero-order chi connectivity index (χ0) is 75.6. The van der Waals surface area contributed by atoms with E-state index in [0.717, 1.165) is 102 Å². The van der Waals surface area contributed by atoms with Gasteiger partial charge in [0.05, 0.1) is 26.4 Å². The van der Waals surface area contributed by atoms with Crippen LogP contribution in [0.4, 0.5) is 0 Å². The fraction of sp³-hybridized carbons (Fsp3) is 0.952. The summed E-state index contributed by atoms with van der Waals surface area (Å²) in [6.45, 7) is 9.59. The lowest BCUT2D eigenvalue weighted by Gasteiger charge is -2.21. The topological polar surface area (TPSA) is 237 Å². The lowest BCUT2D eigenvalue weighted by molar-refractivity contribution is -0.161. The van der Waals surface area contributed by atoms with E-state index >= 15 is 0 Å². The molecule has 0 aliphatic heterocycles. The Kier molecular flexibility index (Phi) is 74.1. The molecule has 0 radical (unpaired) electrons. The van der Waals surface area contributed by atoms with Gasteiger partial charge in [0.15, 0.2) is 12.2 Å². The quantitative estimate of drug-likeness (QED) is 0.0222. The van der Waals surface area contributed by atoms with Gasteiger partial charge in [0.25, 0.3) is 0 Å². The van der Waals surface area contributed by atoms with E-state index in [1.54, 1.807) is 0 Å². The number of aliphatic hydroxyl groups is 1. The van der Waals surface area contributed by atoms with Crippen molar-refractivity contribution >= 4 is 39.5 Å². The summed E-state index contributed by atoms with van der Waals surface area (Å²) in [7, 11) is -9.92. The van der Waals surface area contributed by atoms with Crippen LogP contribution in [0.15, 0.2) is 0 Å². The summed E-state index contributed by atoms with van der Waals surface area (Å²) in [5, 5.41) is 10.7. The fourth-order valence-electron chi connectivity index (χ4n) is 13.1. The predicted octanol–water partition coefficient (Wildman–Crippen LogP) is 25.5. The van der Waals surface area contributed by atoms with Gasteiger partial charge < -0.3 is 33.8 Å². The molecule has 0 aromatic rings. The molecule has 0 saturated carbocycles. The van der Waals surface area contributed by atoms with E-state index in [2.05, 4.69) is 41.5 Å². The zero-order valence-electron chi connectivity index (χ0n) is 67.6. The highest BCUT2D eigenvalue weighted by Crippen LogP contribution is 2.45. The van der Waals surface area contributed by atoms with E-state index in [9.17, 15) is 43.2 Å². The Hall–Kier alpha value is -1.94. The standard InChI is InChI=1S/C84H164O17P2/c1-7-9-11-13-15-17-19-21-23-25-27-29-31-35-39-43-47-54-60-66-81(86)94-72-79(100-83(88)68-62-56-48-44-40-36-32-30-28-26-24-22-20-18-16-14-12-10-8-2)74-98-102(90,91)96-70-78(85)71-97-103(92,93)99-75-80(73-95-82(87)67-61-55-51-50-53-59-65-77(5)6)101-84(89)69-63-57-49-45-41-37-33-34-38-42-46-52-58-64-76(3)4/h76-80,85H,7-75H2,1-6H3,(H,90,91)(H,92,93)/t78-,79-,80-/m1/s1. The minimum atomic E-state index is -4.96. The second kappa shape index (κ2) is 75.5. The number of carbonyl (C=O) groups is 4. The highest BCUT2D eigenvalue weighted by molar-refractivity contribution is 7.47. The first kappa shape index (κ1) is 101. The van der Waals surface area contributed by atoms with Gasteiger partial charge in [0.1, 0.15) is 19.3 Å². The number of esters is 4. The van der Waals surface area contributed by atoms with Gasteiger partial charge in [-0.05, 0) is 37.5 Å². The SMILES string of the molecule is CCCCCCCCCCCCCCCCCCCCCC(=O)OC[C@H](COP(=O)(O)OC[C@@H](O)COP(=O)(O)OC[C@@H](COC(=O)CCCCCCCCC(C)C)OC(=O)CCCCCCCCCCCCCCCC(C)C)OC(=O)CCCCCCCCCCCCCCCCCCCCC. The Morgan fingerprint density at radius 1 is 0.262 bits per heavy atom. The third-order valence-corrected chi connectivity index (χ3v) is 21.6. The van der Waals surface area contributed by atoms with E-state index < -0.39 is 97.5 Å². The van der Waals surface area contributed by atoms with Crippen LogP contribution >= 0.6 is 15.6 Å². The van der Waals surface area contributed by atoms with E-state index in [0.29, 0.717) is 31.6 Å². The maximum atomic E-state index is 13.1. The molecule has 0 heterocycles. The molecule has 3 N–H and O–H groups in total. The number of hydrogen-bond donors (Lipinski definition) is 3. The molecular weight excluding hydrogens is 1340 g/mol. The molecule has 0 saturated heterocycles. The van der Waals surface area contributed by atoms with Crippen LogP contribution in [0.25, 0.3) is 0 Å². The number of carbonyl (C=O) groups excluding carboxylic acids is 4. The first-order valence-electron chi connectivity index (χ1n) is 43.5. The number of phosphoric acid groups is 2.